The number of nitrogens with zero attached hydrogens (tertiary/aromatic N) is 1. The van der Waals surface area contributed by atoms with Gasteiger partial charge in [-0.2, -0.15) is 0 Å². The van der Waals surface area contributed by atoms with Crippen LogP contribution in [0.5, 0.6) is 5.75 Å². The Hall–Kier alpha value is -2.68. The van der Waals surface area contributed by atoms with Gasteiger partial charge in [-0.15, -0.1) is 0 Å². The number of halogens is 1. The number of nitrogens with one attached hydrogen (secondary N) is 1. The van der Waals surface area contributed by atoms with Crippen molar-refractivity contribution >= 4 is 52.2 Å². The van der Waals surface area contributed by atoms with Crippen LogP contribution >= 0.6 is 22.6 Å². The van der Waals surface area contributed by atoms with Gasteiger partial charge in [0.1, 0.15) is 11.3 Å². The second-order valence-corrected chi connectivity index (χ2v) is 6.67. The van der Waals surface area contributed by atoms with E-state index in [4.69, 9.17) is 0 Å². The number of carbonyl (C=O) groups is 3. The number of hydrogen-bond donors (Lipinski definition) is 2. The van der Waals surface area contributed by atoms with Crippen molar-refractivity contribution in [2.75, 3.05) is 4.90 Å². The number of urea groups is 1. The normalized spacial score (nSPS) is 16.3. The molecule has 0 aromatic heterocycles. The molecule has 0 bridgehead atoms. The van der Waals surface area contributed by atoms with E-state index in [-0.39, 0.29) is 11.3 Å². The molecular weight excluding hydrogens is 435 g/mol. The smallest absolute Gasteiger partial charge is 0.335 e. The number of phenolic OH excluding ortho intramolecular Hbond substituents is 1. The van der Waals surface area contributed by atoms with Crippen molar-refractivity contribution in [2.24, 2.45) is 0 Å². The minimum absolute atomic E-state index is 0.110. The molecule has 126 valence electrons. The minimum atomic E-state index is -0.781. The molecule has 0 unspecified atom stereocenters. The van der Waals surface area contributed by atoms with Gasteiger partial charge < -0.3 is 5.11 Å². The standard InChI is InChI=1S/C18H13IN2O4/c1-10-2-5-12(6-3-10)21-17(24)13(16(23)20-18(21)25)8-11-4-7-15(22)14(19)9-11/h2-9,22H,1H3,(H,20,23,25)/b13-8-. The molecule has 7 heteroatoms. The maximum absolute atomic E-state index is 12.7. The molecular formula is C18H13IN2O4. The summed E-state index contributed by atoms with van der Waals surface area (Å²) in [6.45, 7) is 1.89. The monoisotopic (exact) mass is 448 g/mol. The molecule has 2 N–H and O–H groups in total. The third-order valence-electron chi connectivity index (χ3n) is 3.68. The summed E-state index contributed by atoms with van der Waals surface area (Å²) in [6.07, 6.45) is 1.40. The summed E-state index contributed by atoms with van der Waals surface area (Å²) in [5, 5.41) is 11.8. The largest absolute Gasteiger partial charge is 0.507 e. The van der Waals surface area contributed by atoms with Gasteiger partial charge in [-0.25, -0.2) is 9.69 Å². The quantitative estimate of drug-likeness (QED) is 0.420. The molecule has 1 heterocycles. The highest BCUT2D eigenvalue weighted by atomic mass is 127. The van der Waals surface area contributed by atoms with Crippen LogP contribution in [0, 0.1) is 10.5 Å². The van der Waals surface area contributed by atoms with Crippen LogP contribution in [-0.4, -0.2) is 23.0 Å². The summed E-state index contributed by atoms with van der Waals surface area (Å²) in [6, 6.07) is 10.7. The first kappa shape index (κ1) is 17.2. The Morgan fingerprint density at radius 1 is 1.08 bits per heavy atom. The third-order valence-corrected chi connectivity index (χ3v) is 4.54. The fraction of sp³-hybridized carbons (Fsp3) is 0.0556. The second-order valence-electron chi connectivity index (χ2n) is 5.50. The van der Waals surface area contributed by atoms with Gasteiger partial charge in [0, 0.05) is 0 Å². The van der Waals surface area contributed by atoms with E-state index in [0.29, 0.717) is 14.8 Å². The first-order valence-electron chi connectivity index (χ1n) is 7.33. The summed E-state index contributed by atoms with van der Waals surface area (Å²) in [5.41, 5.74) is 1.78. The molecule has 2 aromatic rings. The number of rotatable bonds is 2. The molecule has 3 rings (SSSR count). The number of barbiturate groups is 1. The summed E-state index contributed by atoms with van der Waals surface area (Å²) >= 11 is 1.95. The van der Waals surface area contributed by atoms with Crippen LogP contribution < -0.4 is 10.2 Å². The van der Waals surface area contributed by atoms with Crippen LogP contribution in [0.2, 0.25) is 0 Å². The van der Waals surface area contributed by atoms with Crippen molar-refractivity contribution in [2.45, 2.75) is 6.92 Å². The average molecular weight is 448 g/mol. The lowest BCUT2D eigenvalue weighted by Crippen LogP contribution is -2.54. The lowest BCUT2D eigenvalue weighted by molar-refractivity contribution is -0.122. The van der Waals surface area contributed by atoms with Crippen LogP contribution in [0.15, 0.2) is 48.0 Å². The molecule has 1 aliphatic heterocycles. The number of hydrogen-bond acceptors (Lipinski definition) is 4. The fourth-order valence-corrected chi connectivity index (χ4v) is 2.90. The second kappa shape index (κ2) is 6.67. The molecule has 0 radical (unpaired) electrons. The van der Waals surface area contributed by atoms with Crippen LogP contribution in [0.4, 0.5) is 10.5 Å². The molecule has 0 aliphatic carbocycles. The maximum Gasteiger partial charge on any atom is 0.335 e. The van der Waals surface area contributed by atoms with E-state index < -0.39 is 17.8 Å². The van der Waals surface area contributed by atoms with E-state index in [0.717, 1.165) is 10.5 Å². The van der Waals surface area contributed by atoms with Crippen LogP contribution in [0.25, 0.3) is 6.08 Å². The van der Waals surface area contributed by atoms with Crippen LogP contribution in [-0.2, 0) is 9.59 Å². The van der Waals surface area contributed by atoms with Crippen molar-refractivity contribution in [3.05, 3.63) is 62.7 Å². The Bertz CT molecular complexity index is 919. The maximum atomic E-state index is 12.7. The number of imide groups is 2. The molecule has 4 amide bonds. The third kappa shape index (κ3) is 3.41. The first-order chi connectivity index (χ1) is 11.9. The fourth-order valence-electron chi connectivity index (χ4n) is 2.37. The van der Waals surface area contributed by atoms with Gasteiger partial charge >= 0.3 is 6.03 Å². The molecule has 25 heavy (non-hydrogen) atoms. The highest BCUT2D eigenvalue weighted by Gasteiger charge is 2.36. The van der Waals surface area contributed by atoms with Gasteiger partial charge in [0.05, 0.1) is 9.26 Å². The number of aromatic hydroxyl groups is 1. The SMILES string of the molecule is Cc1ccc(N2C(=O)NC(=O)/C(=C/c3ccc(O)c(I)c3)C2=O)cc1. The molecule has 1 saturated heterocycles. The summed E-state index contributed by atoms with van der Waals surface area (Å²) in [7, 11) is 0. The van der Waals surface area contributed by atoms with Crippen LogP contribution in [0.3, 0.4) is 0 Å². The van der Waals surface area contributed by atoms with Gasteiger partial charge in [-0.05, 0) is 65.4 Å². The lowest BCUT2D eigenvalue weighted by Gasteiger charge is -2.26. The molecule has 2 aromatic carbocycles. The Morgan fingerprint density at radius 2 is 1.76 bits per heavy atom. The van der Waals surface area contributed by atoms with Gasteiger partial charge in [-0.1, -0.05) is 23.8 Å². The molecule has 0 saturated carbocycles. The highest BCUT2D eigenvalue weighted by Crippen LogP contribution is 2.24. The Balaban J connectivity index is 2.01. The van der Waals surface area contributed by atoms with Crippen molar-refractivity contribution in [1.82, 2.24) is 5.32 Å². The molecule has 0 spiro atoms. The predicted molar refractivity (Wildman–Crippen MR) is 101 cm³/mol. The summed E-state index contributed by atoms with van der Waals surface area (Å²) < 4.78 is 0.585. The highest BCUT2D eigenvalue weighted by molar-refractivity contribution is 14.1. The Morgan fingerprint density at radius 3 is 2.40 bits per heavy atom. The number of benzene rings is 2. The van der Waals surface area contributed by atoms with Crippen molar-refractivity contribution in [1.29, 1.82) is 0 Å². The topological polar surface area (TPSA) is 86.7 Å². The number of carbonyl (C=O) groups excluding carboxylic acids is 3. The van der Waals surface area contributed by atoms with Crippen molar-refractivity contribution in [3.8, 4) is 5.75 Å². The summed E-state index contributed by atoms with van der Waals surface area (Å²) in [5.74, 6) is -1.33. The van der Waals surface area contributed by atoms with Crippen molar-refractivity contribution in [3.63, 3.8) is 0 Å². The van der Waals surface area contributed by atoms with Gasteiger partial charge in [-0.3, -0.25) is 14.9 Å². The van der Waals surface area contributed by atoms with E-state index in [9.17, 15) is 19.5 Å². The number of aryl methyl sites for hydroxylation is 1. The molecule has 1 aliphatic rings. The van der Waals surface area contributed by atoms with Gasteiger partial charge in [0.25, 0.3) is 11.8 Å². The summed E-state index contributed by atoms with van der Waals surface area (Å²) in [4.78, 5) is 37.9. The number of amides is 4. The van der Waals surface area contributed by atoms with E-state index in [1.807, 2.05) is 29.5 Å². The minimum Gasteiger partial charge on any atom is -0.507 e. The number of phenols is 1. The first-order valence-corrected chi connectivity index (χ1v) is 8.41. The van der Waals surface area contributed by atoms with Crippen LogP contribution in [0.1, 0.15) is 11.1 Å². The van der Waals surface area contributed by atoms with E-state index in [1.54, 1.807) is 36.4 Å². The Kier molecular flexibility index (Phi) is 4.58. The molecule has 0 atom stereocenters. The van der Waals surface area contributed by atoms with E-state index >= 15 is 0 Å². The zero-order valence-corrected chi connectivity index (χ0v) is 15.3. The lowest BCUT2D eigenvalue weighted by atomic mass is 10.1. The molecule has 1 fully saturated rings. The average Bonchev–Trinajstić information content (AvgIpc) is 2.56. The zero-order chi connectivity index (χ0) is 18.1. The van der Waals surface area contributed by atoms with Gasteiger partial charge in [0.2, 0.25) is 0 Å². The van der Waals surface area contributed by atoms with Crippen molar-refractivity contribution < 1.29 is 19.5 Å². The zero-order valence-electron chi connectivity index (χ0n) is 13.1. The van der Waals surface area contributed by atoms with Gasteiger partial charge in [0.15, 0.2) is 0 Å². The van der Waals surface area contributed by atoms with E-state index in [2.05, 4.69) is 5.32 Å². The number of anilines is 1. The Labute approximate surface area is 157 Å². The molecule has 6 nitrogen and oxygen atoms in total. The predicted octanol–water partition coefficient (Wildman–Crippen LogP) is 2.97. The van der Waals surface area contributed by atoms with E-state index in [1.165, 1.54) is 12.1 Å².